The maximum Gasteiger partial charge on any atom is 0.308 e. The zero-order valence-electron chi connectivity index (χ0n) is 19.2. The second-order valence-corrected chi connectivity index (χ2v) is 8.80. The van der Waals surface area contributed by atoms with Gasteiger partial charge in [-0.3, -0.25) is 9.79 Å². The first kappa shape index (κ1) is 26.5. The van der Waals surface area contributed by atoms with Gasteiger partial charge in [0.15, 0.2) is 5.96 Å². The molecular formula is C23H38IN3O3. The minimum Gasteiger partial charge on any atom is -0.493 e. The van der Waals surface area contributed by atoms with Gasteiger partial charge in [-0.1, -0.05) is 39.8 Å². The molecule has 1 heterocycles. The molecule has 7 heteroatoms. The Labute approximate surface area is 198 Å². The lowest BCUT2D eigenvalue weighted by molar-refractivity contribution is -0.146. The highest BCUT2D eigenvalue weighted by atomic mass is 127. The molecule has 0 aromatic heterocycles. The summed E-state index contributed by atoms with van der Waals surface area (Å²) in [5, 5.41) is 3.52. The Balaban J connectivity index is 0.00000450. The van der Waals surface area contributed by atoms with E-state index < -0.39 is 0 Å². The number of halogens is 1. The van der Waals surface area contributed by atoms with E-state index in [2.05, 4.69) is 55.0 Å². The molecule has 1 fully saturated rings. The van der Waals surface area contributed by atoms with Crippen LogP contribution in [0.4, 0.5) is 0 Å². The molecular weight excluding hydrogens is 493 g/mol. The fraction of sp³-hybridized carbons (Fsp3) is 0.652. The molecule has 1 aliphatic rings. The van der Waals surface area contributed by atoms with Crippen molar-refractivity contribution in [1.29, 1.82) is 0 Å². The maximum atomic E-state index is 11.7. The molecule has 2 rings (SSSR count). The number of guanidine groups is 1. The van der Waals surface area contributed by atoms with Crippen molar-refractivity contribution in [2.75, 3.05) is 40.4 Å². The van der Waals surface area contributed by atoms with E-state index in [4.69, 9.17) is 9.47 Å². The van der Waals surface area contributed by atoms with Crippen molar-refractivity contribution in [2.45, 2.75) is 46.0 Å². The molecule has 1 saturated heterocycles. The van der Waals surface area contributed by atoms with Gasteiger partial charge in [-0.05, 0) is 36.5 Å². The van der Waals surface area contributed by atoms with Crippen LogP contribution in [0.5, 0.6) is 5.75 Å². The van der Waals surface area contributed by atoms with Crippen molar-refractivity contribution in [3.05, 3.63) is 29.8 Å². The van der Waals surface area contributed by atoms with Crippen LogP contribution in [-0.4, -0.2) is 57.2 Å². The van der Waals surface area contributed by atoms with Crippen molar-refractivity contribution in [1.82, 2.24) is 10.2 Å². The van der Waals surface area contributed by atoms with E-state index in [9.17, 15) is 4.79 Å². The quantitative estimate of drug-likeness (QED) is 0.249. The molecule has 0 spiro atoms. The molecule has 170 valence electrons. The number of hydrogen-bond donors (Lipinski definition) is 1. The molecule has 0 amide bonds. The second-order valence-electron chi connectivity index (χ2n) is 8.80. The van der Waals surface area contributed by atoms with Crippen molar-refractivity contribution >= 4 is 35.9 Å². The summed E-state index contributed by atoms with van der Waals surface area (Å²) < 4.78 is 10.7. The lowest BCUT2D eigenvalue weighted by Gasteiger charge is -2.35. The Hall–Kier alpha value is -1.51. The summed E-state index contributed by atoms with van der Waals surface area (Å²) in [7, 11) is 3.27. The first-order valence-electron chi connectivity index (χ1n) is 10.5. The van der Waals surface area contributed by atoms with Gasteiger partial charge in [-0.2, -0.15) is 0 Å². The van der Waals surface area contributed by atoms with Gasteiger partial charge in [0.25, 0.3) is 0 Å². The number of hydrogen-bond acceptors (Lipinski definition) is 4. The Morgan fingerprint density at radius 1 is 1.23 bits per heavy atom. The van der Waals surface area contributed by atoms with Gasteiger partial charge in [0.2, 0.25) is 0 Å². The number of rotatable bonds is 7. The molecule has 0 saturated carbocycles. The normalized spacial score (nSPS) is 15.6. The first-order valence-corrected chi connectivity index (χ1v) is 10.5. The van der Waals surface area contributed by atoms with Crippen molar-refractivity contribution in [2.24, 2.45) is 16.8 Å². The molecule has 30 heavy (non-hydrogen) atoms. The largest absolute Gasteiger partial charge is 0.493 e. The monoisotopic (exact) mass is 531 g/mol. The van der Waals surface area contributed by atoms with Crippen LogP contribution in [-0.2, 0) is 14.9 Å². The van der Waals surface area contributed by atoms with Crippen LogP contribution in [0, 0.1) is 11.8 Å². The Kier molecular flexibility index (Phi) is 10.9. The number of ether oxygens (including phenoxy) is 2. The van der Waals surface area contributed by atoms with Crippen molar-refractivity contribution in [3.8, 4) is 5.75 Å². The van der Waals surface area contributed by atoms with Gasteiger partial charge in [0.1, 0.15) is 5.75 Å². The fourth-order valence-electron chi connectivity index (χ4n) is 3.49. The molecule has 0 aliphatic carbocycles. The molecule has 0 radical (unpaired) electrons. The number of carbonyl (C=O) groups is 1. The molecule has 1 aliphatic heterocycles. The number of likely N-dealkylation sites (tertiary alicyclic amines) is 1. The summed E-state index contributed by atoms with van der Waals surface area (Å²) in [6.07, 6.45) is 1.60. The van der Waals surface area contributed by atoms with Gasteiger partial charge >= 0.3 is 5.97 Å². The summed E-state index contributed by atoms with van der Waals surface area (Å²) in [4.78, 5) is 18.4. The number of carbonyl (C=O) groups excluding carboxylic acids is 1. The van der Waals surface area contributed by atoms with Gasteiger partial charge in [-0.25, -0.2) is 0 Å². The molecule has 6 nitrogen and oxygen atoms in total. The summed E-state index contributed by atoms with van der Waals surface area (Å²) in [5.41, 5.74) is 1.19. The van der Waals surface area contributed by atoms with Crippen LogP contribution in [0.15, 0.2) is 29.3 Å². The van der Waals surface area contributed by atoms with E-state index in [0.29, 0.717) is 5.92 Å². The molecule has 1 N–H and O–H groups in total. The first-order chi connectivity index (χ1) is 13.8. The topological polar surface area (TPSA) is 63.2 Å². The standard InChI is InChI=1S/C23H37N3O3.HI/c1-17(2)15-29-20-9-7-19(8-10-20)23(3,4)16-25-22(24-5)26-13-11-18(12-14-26)21(27)28-6;/h7-10,17-18H,11-16H2,1-6H3,(H,24,25);1H. The average molecular weight is 531 g/mol. The third-order valence-electron chi connectivity index (χ3n) is 5.45. The summed E-state index contributed by atoms with van der Waals surface area (Å²) in [6.45, 7) is 11.9. The average Bonchev–Trinajstić information content (AvgIpc) is 2.72. The van der Waals surface area contributed by atoms with Gasteiger partial charge in [0.05, 0.1) is 19.6 Å². The number of nitrogens with one attached hydrogen (secondary N) is 1. The minimum absolute atomic E-state index is 0. The van der Waals surface area contributed by atoms with Gasteiger partial charge in [0, 0.05) is 32.1 Å². The van der Waals surface area contributed by atoms with Crippen molar-refractivity contribution in [3.63, 3.8) is 0 Å². The smallest absolute Gasteiger partial charge is 0.308 e. The fourth-order valence-corrected chi connectivity index (χ4v) is 3.49. The zero-order chi connectivity index (χ0) is 21.4. The Morgan fingerprint density at radius 3 is 2.33 bits per heavy atom. The van der Waals surface area contributed by atoms with Crippen LogP contribution in [0.3, 0.4) is 0 Å². The predicted octanol–water partition coefficient (Wildman–Crippen LogP) is 4.08. The number of nitrogens with zero attached hydrogens (tertiary/aromatic N) is 2. The van der Waals surface area contributed by atoms with Crippen LogP contribution < -0.4 is 10.1 Å². The van der Waals surface area contributed by atoms with Crippen LogP contribution in [0.2, 0.25) is 0 Å². The highest BCUT2D eigenvalue weighted by Crippen LogP contribution is 2.25. The summed E-state index contributed by atoms with van der Waals surface area (Å²) in [6, 6.07) is 8.38. The number of methoxy groups -OCH3 is 1. The second kappa shape index (κ2) is 12.4. The molecule has 1 aromatic rings. The Morgan fingerprint density at radius 2 is 1.83 bits per heavy atom. The summed E-state index contributed by atoms with van der Waals surface area (Å²) >= 11 is 0. The molecule has 0 atom stereocenters. The van der Waals surface area contributed by atoms with Gasteiger partial charge in [-0.15, -0.1) is 24.0 Å². The molecule has 0 unspecified atom stereocenters. The lowest BCUT2D eigenvalue weighted by atomic mass is 9.84. The third-order valence-corrected chi connectivity index (χ3v) is 5.45. The summed E-state index contributed by atoms with van der Waals surface area (Å²) in [5.74, 6) is 2.21. The lowest BCUT2D eigenvalue weighted by Crippen LogP contribution is -2.49. The van der Waals surface area contributed by atoms with E-state index >= 15 is 0 Å². The maximum absolute atomic E-state index is 11.7. The number of benzene rings is 1. The number of aliphatic imine (C=N–C) groups is 1. The van der Waals surface area contributed by atoms with E-state index in [0.717, 1.165) is 50.8 Å². The third kappa shape index (κ3) is 7.63. The highest BCUT2D eigenvalue weighted by molar-refractivity contribution is 14.0. The molecule has 0 bridgehead atoms. The predicted molar refractivity (Wildman–Crippen MR) is 133 cm³/mol. The van der Waals surface area contributed by atoms with Crippen LogP contribution in [0.1, 0.15) is 46.1 Å². The van der Waals surface area contributed by atoms with E-state index in [1.54, 1.807) is 0 Å². The van der Waals surface area contributed by atoms with Gasteiger partial charge < -0.3 is 19.7 Å². The number of esters is 1. The Bertz CT molecular complexity index is 681. The number of piperidine rings is 1. The highest BCUT2D eigenvalue weighted by Gasteiger charge is 2.28. The molecule has 1 aromatic carbocycles. The minimum atomic E-state index is -0.102. The van der Waals surface area contributed by atoms with E-state index in [1.807, 2.05) is 19.2 Å². The van der Waals surface area contributed by atoms with E-state index in [-0.39, 0.29) is 41.3 Å². The van der Waals surface area contributed by atoms with Crippen LogP contribution >= 0.6 is 24.0 Å². The van der Waals surface area contributed by atoms with E-state index in [1.165, 1.54) is 12.7 Å². The van der Waals surface area contributed by atoms with Crippen molar-refractivity contribution < 1.29 is 14.3 Å². The zero-order valence-corrected chi connectivity index (χ0v) is 21.6. The van der Waals surface area contributed by atoms with Crippen LogP contribution in [0.25, 0.3) is 0 Å². The SMILES string of the molecule is CN=C(NCC(C)(C)c1ccc(OCC(C)C)cc1)N1CCC(C(=O)OC)CC1.I.